The average Bonchev–Trinajstić information content (AvgIpc) is 2.76. The van der Waals surface area contributed by atoms with Crippen molar-refractivity contribution >= 4 is 11.6 Å². The number of aromatic nitrogens is 2. The van der Waals surface area contributed by atoms with Crippen molar-refractivity contribution in [3.63, 3.8) is 0 Å². The van der Waals surface area contributed by atoms with Crippen molar-refractivity contribution in [1.82, 2.24) is 9.97 Å². The zero-order valence-electron chi connectivity index (χ0n) is 15.2. The van der Waals surface area contributed by atoms with E-state index in [4.69, 9.17) is 0 Å². The molecule has 2 aromatic carbocycles. The first-order valence-corrected chi connectivity index (χ1v) is 9.10. The number of anilines is 1. The zero-order valence-corrected chi connectivity index (χ0v) is 15.2. The molecule has 0 unspecified atom stereocenters. The van der Waals surface area contributed by atoms with Crippen molar-refractivity contribution in [1.29, 1.82) is 0 Å². The van der Waals surface area contributed by atoms with Crippen molar-refractivity contribution in [2.75, 3.05) is 5.32 Å². The summed E-state index contributed by atoms with van der Waals surface area (Å²) in [6.45, 7) is 0. The topological polar surface area (TPSA) is 54.9 Å². The van der Waals surface area contributed by atoms with Crippen LogP contribution in [0, 0.1) is 0 Å². The van der Waals surface area contributed by atoms with E-state index in [0.717, 1.165) is 34.6 Å². The first-order valence-electron chi connectivity index (χ1n) is 9.10. The molecule has 1 N–H and O–H groups in total. The summed E-state index contributed by atoms with van der Waals surface area (Å²) in [5.41, 5.74) is 5.10. The highest BCUT2D eigenvalue weighted by atomic mass is 16.1. The largest absolute Gasteiger partial charge is 0.322 e. The number of hydrogen-bond acceptors (Lipinski definition) is 3. The van der Waals surface area contributed by atoms with Crippen LogP contribution in [0.1, 0.15) is 21.6 Å². The number of carbonyl (C=O) groups is 1. The summed E-state index contributed by atoms with van der Waals surface area (Å²) in [6, 6.07) is 26.9. The maximum Gasteiger partial charge on any atom is 0.256 e. The molecule has 1 amide bonds. The second-order valence-corrected chi connectivity index (χ2v) is 6.41. The van der Waals surface area contributed by atoms with Gasteiger partial charge < -0.3 is 5.32 Å². The van der Waals surface area contributed by atoms with Crippen LogP contribution in [0.5, 0.6) is 0 Å². The first kappa shape index (κ1) is 17.6. The lowest BCUT2D eigenvalue weighted by Gasteiger charge is -2.10. The quantitative estimate of drug-likeness (QED) is 0.542. The second-order valence-electron chi connectivity index (χ2n) is 6.41. The minimum absolute atomic E-state index is 0.154. The third-order valence-corrected chi connectivity index (χ3v) is 4.44. The molecule has 4 heteroatoms. The van der Waals surface area contributed by atoms with E-state index in [2.05, 4.69) is 15.3 Å². The van der Waals surface area contributed by atoms with Crippen LogP contribution in [0.4, 0.5) is 5.69 Å². The second kappa shape index (κ2) is 8.27. The van der Waals surface area contributed by atoms with Gasteiger partial charge in [0, 0.05) is 41.3 Å². The van der Waals surface area contributed by atoms with Crippen molar-refractivity contribution < 1.29 is 4.79 Å². The van der Waals surface area contributed by atoms with Gasteiger partial charge in [0.1, 0.15) is 0 Å². The Labute approximate surface area is 163 Å². The number of rotatable bonds is 5. The minimum Gasteiger partial charge on any atom is -0.322 e. The van der Waals surface area contributed by atoms with Gasteiger partial charge in [-0.1, -0.05) is 42.5 Å². The molecule has 0 aliphatic heterocycles. The van der Waals surface area contributed by atoms with E-state index < -0.39 is 0 Å². The SMILES string of the molecule is O=C(Nc1ccc(Cc2ccccn2)cc1)c1ccccc1-c1ccccn1. The Hall–Kier alpha value is -3.79. The van der Waals surface area contributed by atoms with Crippen LogP contribution in [0.3, 0.4) is 0 Å². The van der Waals surface area contributed by atoms with E-state index in [1.54, 1.807) is 12.4 Å². The van der Waals surface area contributed by atoms with Crippen molar-refractivity contribution in [2.24, 2.45) is 0 Å². The fraction of sp³-hybridized carbons (Fsp3) is 0.0417. The van der Waals surface area contributed by atoms with Gasteiger partial charge >= 0.3 is 0 Å². The van der Waals surface area contributed by atoms with Crippen molar-refractivity contribution in [3.05, 3.63) is 114 Å². The zero-order chi connectivity index (χ0) is 19.2. The molecule has 0 radical (unpaired) electrons. The first-order chi connectivity index (χ1) is 13.8. The van der Waals surface area contributed by atoms with Crippen molar-refractivity contribution in [3.8, 4) is 11.3 Å². The number of benzene rings is 2. The predicted octanol–water partition coefficient (Wildman–Crippen LogP) is 4.99. The number of hydrogen-bond donors (Lipinski definition) is 1. The van der Waals surface area contributed by atoms with Gasteiger partial charge in [-0.05, 0) is 48.0 Å². The molecule has 0 bridgehead atoms. The third kappa shape index (κ3) is 4.13. The van der Waals surface area contributed by atoms with Gasteiger partial charge in [0.05, 0.1) is 5.69 Å². The lowest BCUT2D eigenvalue weighted by Crippen LogP contribution is -2.13. The smallest absolute Gasteiger partial charge is 0.256 e. The summed E-state index contributed by atoms with van der Waals surface area (Å²) in [6.07, 6.45) is 4.28. The minimum atomic E-state index is -0.154. The molecule has 0 atom stereocenters. The molecule has 28 heavy (non-hydrogen) atoms. The fourth-order valence-corrected chi connectivity index (χ4v) is 3.04. The number of pyridine rings is 2. The lowest BCUT2D eigenvalue weighted by molar-refractivity contribution is 0.102. The predicted molar refractivity (Wildman–Crippen MR) is 111 cm³/mol. The van der Waals surface area contributed by atoms with Crippen LogP contribution in [0.25, 0.3) is 11.3 Å². The highest BCUT2D eigenvalue weighted by Crippen LogP contribution is 2.22. The standard InChI is InChI=1S/C24H19N3O/c28-24(22-9-2-1-8-21(22)23-10-4-6-16-26-23)27-19-13-11-18(12-14-19)17-20-7-3-5-15-25-20/h1-16H,17H2,(H,27,28). The van der Waals surface area contributed by atoms with Crippen LogP contribution >= 0.6 is 0 Å². The van der Waals surface area contributed by atoms with Crippen LogP contribution in [0.2, 0.25) is 0 Å². The van der Waals surface area contributed by atoms with Crippen LogP contribution in [-0.4, -0.2) is 15.9 Å². The molecule has 4 rings (SSSR count). The summed E-state index contributed by atoms with van der Waals surface area (Å²) >= 11 is 0. The molecule has 0 aliphatic carbocycles. The van der Waals surface area contributed by atoms with Gasteiger partial charge in [0.15, 0.2) is 0 Å². The molecular weight excluding hydrogens is 346 g/mol. The molecule has 2 aromatic heterocycles. The Morgan fingerprint density at radius 3 is 2.18 bits per heavy atom. The molecule has 0 fully saturated rings. The van der Waals surface area contributed by atoms with Gasteiger partial charge in [0.2, 0.25) is 0 Å². The van der Waals surface area contributed by atoms with E-state index in [0.29, 0.717) is 5.56 Å². The Balaban J connectivity index is 1.50. The number of amides is 1. The molecule has 0 saturated carbocycles. The van der Waals surface area contributed by atoms with Crippen LogP contribution in [-0.2, 0) is 6.42 Å². The molecule has 136 valence electrons. The normalized spacial score (nSPS) is 10.4. The summed E-state index contributed by atoms with van der Waals surface area (Å²) in [5, 5.41) is 2.98. The summed E-state index contributed by atoms with van der Waals surface area (Å²) in [7, 11) is 0. The Bertz CT molecular complexity index is 1060. The number of carbonyl (C=O) groups excluding carboxylic acids is 1. The van der Waals surface area contributed by atoms with Gasteiger partial charge in [0.25, 0.3) is 5.91 Å². The Morgan fingerprint density at radius 1 is 0.750 bits per heavy atom. The van der Waals surface area contributed by atoms with E-state index in [1.165, 1.54) is 0 Å². The highest BCUT2D eigenvalue weighted by molar-refractivity contribution is 6.08. The van der Waals surface area contributed by atoms with Crippen LogP contribution in [0.15, 0.2) is 97.3 Å². The van der Waals surface area contributed by atoms with Gasteiger partial charge in [-0.15, -0.1) is 0 Å². The van der Waals surface area contributed by atoms with Crippen molar-refractivity contribution in [2.45, 2.75) is 6.42 Å². The molecule has 4 aromatic rings. The average molecular weight is 365 g/mol. The molecule has 0 saturated heterocycles. The lowest BCUT2D eigenvalue weighted by atomic mass is 10.0. The van der Waals surface area contributed by atoms with E-state index >= 15 is 0 Å². The maximum absolute atomic E-state index is 12.8. The summed E-state index contributed by atoms with van der Waals surface area (Å²) in [4.78, 5) is 21.5. The van der Waals surface area contributed by atoms with E-state index in [1.807, 2.05) is 84.9 Å². The van der Waals surface area contributed by atoms with Gasteiger partial charge in [-0.3, -0.25) is 14.8 Å². The van der Waals surface area contributed by atoms with E-state index in [9.17, 15) is 4.79 Å². The van der Waals surface area contributed by atoms with Gasteiger partial charge in [-0.25, -0.2) is 0 Å². The highest BCUT2D eigenvalue weighted by Gasteiger charge is 2.13. The molecule has 4 nitrogen and oxygen atoms in total. The molecular formula is C24H19N3O. The number of nitrogens with one attached hydrogen (secondary N) is 1. The monoisotopic (exact) mass is 365 g/mol. The van der Waals surface area contributed by atoms with E-state index in [-0.39, 0.29) is 5.91 Å². The Morgan fingerprint density at radius 2 is 1.46 bits per heavy atom. The molecule has 2 heterocycles. The maximum atomic E-state index is 12.8. The third-order valence-electron chi connectivity index (χ3n) is 4.44. The number of nitrogens with zero attached hydrogens (tertiary/aromatic N) is 2. The van der Waals surface area contributed by atoms with Crippen LogP contribution < -0.4 is 5.32 Å². The fourth-order valence-electron chi connectivity index (χ4n) is 3.04. The summed E-state index contributed by atoms with van der Waals surface area (Å²) in [5.74, 6) is -0.154. The van der Waals surface area contributed by atoms with Gasteiger partial charge in [-0.2, -0.15) is 0 Å². The molecule has 0 spiro atoms. The molecule has 0 aliphatic rings. The Kier molecular flexibility index (Phi) is 5.20. The summed E-state index contributed by atoms with van der Waals surface area (Å²) < 4.78 is 0.